The van der Waals surface area contributed by atoms with E-state index in [-0.39, 0.29) is 10.6 Å². The SMILES string of the molecule is Cc1ccc2c(c1)CCCN2c1ccc(Br)cc1[N+](=O)[O-]. The van der Waals surface area contributed by atoms with E-state index >= 15 is 0 Å². The third-order valence-corrected chi connectivity index (χ3v) is 4.27. The molecule has 0 saturated heterocycles. The lowest BCUT2D eigenvalue weighted by molar-refractivity contribution is -0.384. The summed E-state index contributed by atoms with van der Waals surface area (Å²) in [5, 5.41) is 11.3. The zero-order valence-corrected chi connectivity index (χ0v) is 13.3. The minimum absolute atomic E-state index is 0.137. The van der Waals surface area contributed by atoms with Crippen molar-refractivity contribution in [1.29, 1.82) is 0 Å². The summed E-state index contributed by atoms with van der Waals surface area (Å²) >= 11 is 3.31. The van der Waals surface area contributed by atoms with Crippen molar-refractivity contribution in [2.24, 2.45) is 0 Å². The van der Waals surface area contributed by atoms with E-state index in [2.05, 4.69) is 46.0 Å². The van der Waals surface area contributed by atoms with E-state index in [4.69, 9.17) is 0 Å². The average Bonchev–Trinajstić information content (AvgIpc) is 2.46. The Morgan fingerprint density at radius 1 is 1.19 bits per heavy atom. The van der Waals surface area contributed by atoms with Crippen LogP contribution >= 0.6 is 15.9 Å². The molecule has 1 aliphatic rings. The molecule has 108 valence electrons. The molecule has 1 aliphatic heterocycles. The molecule has 0 aromatic heterocycles. The second kappa shape index (κ2) is 5.48. The van der Waals surface area contributed by atoms with Gasteiger partial charge in [0.1, 0.15) is 5.69 Å². The number of benzene rings is 2. The second-order valence-corrected chi connectivity index (χ2v) is 6.19. The first kappa shape index (κ1) is 14.1. The number of halogens is 1. The normalized spacial score (nSPS) is 13.9. The quantitative estimate of drug-likeness (QED) is 0.582. The van der Waals surface area contributed by atoms with Crippen LogP contribution in [0.15, 0.2) is 40.9 Å². The molecular weight excluding hydrogens is 332 g/mol. The summed E-state index contributed by atoms with van der Waals surface area (Å²) in [5.41, 5.74) is 4.36. The number of nitro benzene ring substituents is 1. The van der Waals surface area contributed by atoms with Crippen LogP contribution in [0.5, 0.6) is 0 Å². The number of hydrogen-bond donors (Lipinski definition) is 0. The Bertz CT molecular complexity index is 715. The van der Waals surface area contributed by atoms with Gasteiger partial charge in [0.25, 0.3) is 5.69 Å². The average molecular weight is 347 g/mol. The van der Waals surface area contributed by atoms with Gasteiger partial charge in [0.05, 0.1) is 4.92 Å². The molecule has 2 aromatic carbocycles. The van der Waals surface area contributed by atoms with Crippen molar-refractivity contribution in [2.45, 2.75) is 19.8 Å². The van der Waals surface area contributed by atoms with Gasteiger partial charge in [-0.3, -0.25) is 10.1 Å². The number of hydrogen-bond acceptors (Lipinski definition) is 3. The van der Waals surface area contributed by atoms with Gasteiger partial charge in [-0.05, 0) is 43.5 Å². The number of fused-ring (bicyclic) bond motifs is 1. The number of rotatable bonds is 2. The Morgan fingerprint density at radius 3 is 2.71 bits per heavy atom. The number of nitro groups is 1. The predicted octanol–water partition coefficient (Wildman–Crippen LogP) is 4.75. The third kappa shape index (κ3) is 2.65. The first-order chi connectivity index (χ1) is 10.1. The van der Waals surface area contributed by atoms with E-state index in [0.717, 1.165) is 29.5 Å². The molecule has 21 heavy (non-hydrogen) atoms. The van der Waals surface area contributed by atoms with Gasteiger partial charge in [-0.25, -0.2) is 0 Å². The van der Waals surface area contributed by atoms with Gasteiger partial charge in [0.15, 0.2) is 0 Å². The second-order valence-electron chi connectivity index (χ2n) is 5.28. The fourth-order valence-electron chi connectivity index (χ4n) is 2.85. The molecule has 1 heterocycles. The molecule has 5 heteroatoms. The monoisotopic (exact) mass is 346 g/mol. The third-order valence-electron chi connectivity index (χ3n) is 3.78. The van der Waals surface area contributed by atoms with Gasteiger partial charge >= 0.3 is 0 Å². The van der Waals surface area contributed by atoms with Crippen LogP contribution in [-0.2, 0) is 6.42 Å². The Kier molecular flexibility index (Phi) is 3.68. The minimum atomic E-state index is -0.317. The maximum atomic E-state index is 11.3. The highest BCUT2D eigenvalue weighted by molar-refractivity contribution is 9.10. The molecule has 0 amide bonds. The van der Waals surface area contributed by atoms with Crippen LogP contribution in [0.1, 0.15) is 17.5 Å². The van der Waals surface area contributed by atoms with Crippen molar-refractivity contribution in [2.75, 3.05) is 11.4 Å². The maximum absolute atomic E-state index is 11.3. The van der Waals surface area contributed by atoms with Gasteiger partial charge in [0, 0.05) is 22.8 Å². The number of nitrogens with zero attached hydrogens (tertiary/aromatic N) is 2. The van der Waals surface area contributed by atoms with Gasteiger partial charge in [-0.1, -0.05) is 33.6 Å². The molecule has 0 radical (unpaired) electrons. The number of aryl methyl sites for hydroxylation is 2. The summed E-state index contributed by atoms with van der Waals surface area (Å²) in [5.74, 6) is 0. The molecular formula is C16H15BrN2O2. The molecule has 2 aromatic rings. The van der Waals surface area contributed by atoms with Gasteiger partial charge in [0.2, 0.25) is 0 Å². The largest absolute Gasteiger partial charge is 0.336 e. The molecule has 0 saturated carbocycles. The summed E-state index contributed by atoms with van der Waals surface area (Å²) in [4.78, 5) is 13.1. The summed E-state index contributed by atoms with van der Waals surface area (Å²) < 4.78 is 0.721. The van der Waals surface area contributed by atoms with E-state index < -0.39 is 0 Å². The minimum Gasteiger partial charge on any atom is -0.336 e. The molecule has 0 bridgehead atoms. The van der Waals surface area contributed by atoms with E-state index in [9.17, 15) is 10.1 Å². The zero-order chi connectivity index (χ0) is 15.0. The summed E-state index contributed by atoms with van der Waals surface area (Å²) in [6.07, 6.45) is 2.03. The van der Waals surface area contributed by atoms with E-state index in [1.54, 1.807) is 6.07 Å². The summed E-state index contributed by atoms with van der Waals surface area (Å²) in [7, 11) is 0. The first-order valence-corrected chi connectivity index (χ1v) is 7.66. The lowest BCUT2D eigenvalue weighted by Crippen LogP contribution is -2.25. The molecule has 4 nitrogen and oxygen atoms in total. The lowest BCUT2D eigenvalue weighted by atomic mass is 9.99. The maximum Gasteiger partial charge on any atom is 0.294 e. The van der Waals surface area contributed by atoms with Crippen LogP contribution in [0.2, 0.25) is 0 Å². The van der Waals surface area contributed by atoms with Crippen molar-refractivity contribution >= 4 is 33.0 Å². The molecule has 0 unspecified atom stereocenters. The van der Waals surface area contributed by atoms with Crippen LogP contribution in [0.25, 0.3) is 0 Å². The van der Waals surface area contributed by atoms with E-state index in [1.807, 2.05) is 12.1 Å². The fraction of sp³-hybridized carbons (Fsp3) is 0.250. The highest BCUT2D eigenvalue weighted by atomic mass is 79.9. The molecule has 0 N–H and O–H groups in total. The van der Waals surface area contributed by atoms with Crippen molar-refractivity contribution in [1.82, 2.24) is 0 Å². The summed E-state index contributed by atoms with van der Waals surface area (Å²) in [6, 6.07) is 11.5. The molecule has 0 spiro atoms. The Hall–Kier alpha value is -1.88. The van der Waals surface area contributed by atoms with Gasteiger partial charge in [-0.15, -0.1) is 0 Å². The van der Waals surface area contributed by atoms with Crippen LogP contribution in [0, 0.1) is 17.0 Å². The van der Waals surface area contributed by atoms with Gasteiger partial charge in [-0.2, -0.15) is 0 Å². The Labute approximate surface area is 131 Å². The Morgan fingerprint density at radius 2 is 1.95 bits per heavy atom. The van der Waals surface area contributed by atoms with Crippen molar-refractivity contribution in [3.05, 3.63) is 62.1 Å². The molecule has 0 atom stereocenters. The smallest absolute Gasteiger partial charge is 0.294 e. The number of anilines is 2. The molecule has 3 rings (SSSR count). The van der Waals surface area contributed by atoms with Crippen molar-refractivity contribution in [3.63, 3.8) is 0 Å². The van der Waals surface area contributed by atoms with E-state index in [1.165, 1.54) is 11.1 Å². The first-order valence-electron chi connectivity index (χ1n) is 6.87. The Balaban J connectivity index is 2.13. The zero-order valence-electron chi connectivity index (χ0n) is 11.7. The fourth-order valence-corrected chi connectivity index (χ4v) is 3.20. The van der Waals surface area contributed by atoms with Crippen LogP contribution < -0.4 is 4.90 Å². The standard InChI is InChI=1S/C16H15BrN2O2/c1-11-4-6-14-12(9-11)3-2-8-18(14)15-7-5-13(17)10-16(15)19(20)21/h4-7,9-10H,2-3,8H2,1H3. The summed E-state index contributed by atoms with van der Waals surface area (Å²) in [6.45, 7) is 2.87. The molecule has 0 aliphatic carbocycles. The highest BCUT2D eigenvalue weighted by Crippen LogP contribution is 2.39. The molecule has 0 fully saturated rings. The topological polar surface area (TPSA) is 46.4 Å². The highest BCUT2D eigenvalue weighted by Gasteiger charge is 2.25. The van der Waals surface area contributed by atoms with Crippen molar-refractivity contribution < 1.29 is 4.92 Å². The lowest BCUT2D eigenvalue weighted by Gasteiger charge is -2.31. The van der Waals surface area contributed by atoms with Gasteiger partial charge < -0.3 is 4.90 Å². The van der Waals surface area contributed by atoms with Crippen LogP contribution in [0.4, 0.5) is 17.1 Å². The predicted molar refractivity (Wildman–Crippen MR) is 87.3 cm³/mol. The van der Waals surface area contributed by atoms with Crippen LogP contribution in [0.3, 0.4) is 0 Å². The van der Waals surface area contributed by atoms with Crippen molar-refractivity contribution in [3.8, 4) is 0 Å². The van der Waals surface area contributed by atoms with Crippen LogP contribution in [-0.4, -0.2) is 11.5 Å². The van der Waals surface area contributed by atoms with E-state index in [0.29, 0.717) is 5.69 Å².